The van der Waals surface area contributed by atoms with Gasteiger partial charge >= 0.3 is 0 Å². The first-order valence-electron chi connectivity index (χ1n) is 11.5. The number of hydrogen-bond donors (Lipinski definition) is 1. The summed E-state index contributed by atoms with van der Waals surface area (Å²) in [7, 11) is 1.60. The molecule has 1 aliphatic rings. The molecule has 1 saturated heterocycles. The SMILES string of the molecule is COc1ccc(OCC(O)Cn2c(C3CC(=O)N(c4cccc(F)c4)C3)nc3ccccc32)cc1. The summed E-state index contributed by atoms with van der Waals surface area (Å²) in [5.74, 6) is 1.43. The molecule has 1 aromatic heterocycles. The van der Waals surface area contributed by atoms with Crippen molar-refractivity contribution in [2.45, 2.75) is 25.0 Å². The van der Waals surface area contributed by atoms with Crippen LogP contribution in [0.3, 0.4) is 0 Å². The van der Waals surface area contributed by atoms with Crippen molar-refractivity contribution in [1.29, 1.82) is 0 Å². The molecular formula is C27H26FN3O4. The van der Waals surface area contributed by atoms with Gasteiger partial charge in [-0.25, -0.2) is 9.37 Å². The zero-order valence-corrected chi connectivity index (χ0v) is 19.3. The summed E-state index contributed by atoms with van der Waals surface area (Å²) in [6.45, 7) is 0.748. The van der Waals surface area contributed by atoms with Crippen LogP contribution in [-0.4, -0.2) is 46.9 Å². The zero-order valence-electron chi connectivity index (χ0n) is 19.3. The van der Waals surface area contributed by atoms with E-state index in [1.54, 1.807) is 48.4 Å². The van der Waals surface area contributed by atoms with Crippen LogP contribution in [0.15, 0.2) is 72.8 Å². The van der Waals surface area contributed by atoms with E-state index in [2.05, 4.69) is 0 Å². The first kappa shape index (κ1) is 22.9. The number of amides is 1. The monoisotopic (exact) mass is 475 g/mol. The minimum Gasteiger partial charge on any atom is -0.497 e. The van der Waals surface area contributed by atoms with Crippen LogP contribution in [0.25, 0.3) is 11.0 Å². The lowest BCUT2D eigenvalue weighted by Gasteiger charge is -2.19. The molecule has 7 nitrogen and oxygen atoms in total. The molecule has 8 heteroatoms. The van der Waals surface area contributed by atoms with Gasteiger partial charge in [0.25, 0.3) is 0 Å². The van der Waals surface area contributed by atoms with Crippen molar-refractivity contribution in [3.63, 3.8) is 0 Å². The lowest BCUT2D eigenvalue weighted by atomic mass is 10.1. The number of methoxy groups -OCH3 is 1. The minimum absolute atomic E-state index is 0.0809. The van der Waals surface area contributed by atoms with Gasteiger partial charge in [0.05, 0.1) is 24.7 Å². The number of halogens is 1. The van der Waals surface area contributed by atoms with E-state index in [9.17, 15) is 14.3 Å². The van der Waals surface area contributed by atoms with Crippen LogP contribution in [0.4, 0.5) is 10.1 Å². The number of para-hydroxylation sites is 2. The highest BCUT2D eigenvalue weighted by molar-refractivity contribution is 5.96. The van der Waals surface area contributed by atoms with E-state index in [0.717, 1.165) is 22.6 Å². The van der Waals surface area contributed by atoms with Crippen molar-refractivity contribution in [3.8, 4) is 11.5 Å². The van der Waals surface area contributed by atoms with Crippen LogP contribution in [0.2, 0.25) is 0 Å². The molecule has 4 aromatic rings. The summed E-state index contributed by atoms with van der Waals surface area (Å²) in [4.78, 5) is 19.2. The predicted molar refractivity (Wildman–Crippen MR) is 130 cm³/mol. The minimum atomic E-state index is -0.801. The first-order chi connectivity index (χ1) is 17.0. The molecule has 2 unspecified atom stereocenters. The summed E-state index contributed by atoms with van der Waals surface area (Å²) in [6.07, 6.45) is -0.539. The highest BCUT2D eigenvalue weighted by Crippen LogP contribution is 2.33. The average Bonchev–Trinajstić information content (AvgIpc) is 3.43. The molecule has 0 bridgehead atoms. The van der Waals surface area contributed by atoms with E-state index >= 15 is 0 Å². The summed E-state index contributed by atoms with van der Waals surface area (Å²) in [5, 5.41) is 10.8. The Kier molecular flexibility index (Phi) is 6.37. The highest BCUT2D eigenvalue weighted by Gasteiger charge is 2.35. The van der Waals surface area contributed by atoms with Crippen molar-refractivity contribution in [2.75, 3.05) is 25.2 Å². The number of nitrogens with zero attached hydrogens (tertiary/aromatic N) is 3. The molecule has 0 spiro atoms. The molecule has 3 aromatic carbocycles. The summed E-state index contributed by atoms with van der Waals surface area (Å²) >= 11 is 0. The second-order valence-corrected chi connectivity index (χ2v) is 8.59. The van der Waals surface area contributed by atoms with Crippen LogP contribution in [0.1, 0.15) is 18.2 Å². The number of carbonyl (C=O) groups is 1. The Balaban J connectivity index is 1.36. The van der Waals surface area contributed by atoms with E-state index in [1.807, 2.05) is 28.8 Å². The summed E-state index contributed by atoms with van der Waals surface area (Å²) in [5.41, 5.74) is 2.21. The number of benzene rings is 3. The number of carbonyl (C=O) groups excluding carboxylic acids is 1. The average molecular weight is 476 g/mol. The number of rotatable bonds is 8. The van der Waals surface area contributed by atoms with Crippen molar-refractivity contribution < 1.29 is 23.8 Å². The largest absolute Gasteiger partial charge is 0.497 e. The maximum absolute atomic E-state index is 13.7. The molecule has 2 atom stereocenters. The fraction of sp³-hybridized carbons (Fsp3) is 0.259. The van der Waals surface area contributed by atoms with E-state index in [4.69, 9.17) is 14.5 Å². The molecule has 1 amide bonds. The van der Waals surface area contributed by atoms with Crippen LogP contribution >= 0.6 is 0 Å². The predicted octanol–water partition coefficient (Wildman–Crippen LogP) is 4.14. The third kappa shape index (κ3) is 4.83. The molecule has 0 radical (unpaired) electrons. The van der Waals surface area contributed by atoms with Gasteiger partial charge in [0.2, 0.25) is 5.91 Å². The van der Waals surface area contributed by atoms with Gasteiger partial charge in [0, 0.05) is 24.6 Å². The lowest BCUT2D eigenvalue weighted by Crippen LogP contribution is -2.26. The zero-order chi connectivity index (χ0) is 24.4. The molecule has 2 heterocycles. The third-order valence-electron chi connectivity index (χ3n) is 6.19. The number of ether oxygens (including phenoxy) is 2. The highest BCUT2D eigenvalue weighted by atomic mass is 19.1. The number of aromatic nitrogens is 2. The Morgan fingerprint density at radius 1 is 1.09 bits per heavy atom. The smallest absolute Gasteiger partial charge is 0.227 e. The number of imidazole rings is 1. The van der Waals surface area contributed by atoms with Gasteiger partial charge in [-0.05, 0) is 54.6 Å². The standard InChI is InChI=1S/C27H26FN3O4/c1-34-22-9-11-23(12-10-22)35-17-21(32)16-31-25-8-3-2-7-24(25)29-27(31)18-13-26(33)30(15-18)20-6-4-5-19(28)14-20/h2-12,14,18,21,32H,13,15-17H2,1H3. The Labute approximate surface area is 202 Å². The van der Waals surface area contributed by atoms with Gasteiger partial charge in [-0.2, -0.15) is 0 Å². The quantitative estimate of drug-likeness (QED) is 0.415. The number of fused-ring (bicyclic) bond motifs is 1. The number of aliphatic hydroxyl groups is 1. The molecule has 180 valence electrons. The van der Waals surface area contributed by atoms with Gasteiger partial charge in [-0.3, -0.25) is 4.79 Å². The second kappa shape index (κ2) is 9.76. The number of hydrogen-bond acceptors (Lipinski definition) is 5. The Morgan fingerprint density at radius 3 is 2.63 bits per heavy atom. The Bertz CT molecular complexity index is 1340. The van der Waals surface area contributed by atoms with Gasteiger partial charge in [0.15, 0.2) is 0 Å². The van der Waals surface area contributed by atoms with Gasteiger partial charge < -0.3 is 24.0 Å². The van der Waals surface area contributed by atoms with Gasteiger partial charge in [-0.1, -0.05) is 18.2 Å². The molecular weight excluding hydrogens is 449 g/mol. The van der Waals surface area contributed by atoms with Crippen LogP contribution < -0.4 is 14.4 Å². The molecule has 0 saturated carbocycles. The third-order valence-corrected chi connectivity index (χ3v) is 6.19. The molecule has 1 N–H and O–H groups in total. The van der Waals surface area contributed by atoms with Crippen molar-refractivity contribution >= 4 is 22.6 Å². The molecule has 0 aliphatic carbocycles. The Morgan fingerprint density at radius 2 is 1.86 bits per heavy atom. The molecule has 35 heavy (non-hydrogen) atoms. The van der Waals surface area contributed by atoms with Gasteiger partial charge in [-0.15, -0.1) is 0 Å². The number of aliphatic hydroxyl groups excluding tert-OH is 1. The van der Waals surface area contributed by atoms with Crippen LogP contribution in [0, 0.1) is 5.82 Å². The lowest BCUT2D eigenvalue weighted by molar-refractivity contribution is -0.117. The van der Waals surface area contributed by atoms with Crippen molar-refractivity contribution in [1.82, 2.24) is 9.55 Å². The van der Waals surface area contributed by atoms with Crippen molar-refractivity contribution in [2.24, 2.45) is 0 Å². The second-order valence-electron chi connectivity index (χ2n) is 8.59. The maximum Gasteiger partial charge on any atom is 0.227 e. The van der Waals surface area contributed by atoms with Crippen LogP contribution in [0.5, 0.6) is 11.5 Å². The van der Waals surface area contributed by atoms with E-state index in [0.29, 0.717) is 18.0 Å². The van der Waals surface area contributed by atoms with Crippen molar-refractivity contribution in [3.05, 3.63) is 84.4 Å². The molecule has 1 fully saturated rings. The first-order valence-corrected chi connectivity index (χ1v) is 11.5. The molecule has 5 rings (SSSR count). The topological polar surface area (TPSA) is 76.8 Å². The van der Waals surface area contributed by atoms with E-state index < -0.39 is 6.10 Å². The molecule has 1 aliphatic heterocycles. The number of anilines is 1. The van der Waals surface area contributed by atoms with E-state index in [-0.39, 0.29) is 37.2 Å². The fourth-order valence-electron chi connectivity index (χ4n) is 4.50. The normalized spacial score (nSPS) is 16.6. The van der Waals surface area contributed by atoms with E-state index in [1.165, 1.54) is 12.1 Å². The summed E-state index contributed by atoms with van der Waals surface area (Å²) < 4.78 is 26.6. The maximum atomic E-state index is 13.7. The Hall–Kier alpha value is -3.91. The van der Waals surface area contributed by atoms with Gasteiger partial charge in [0.1, 0.15) is 35.9 Å². The fourth-order valence-corrected chi connectivity index (χ4v) is 4.50. The summed E-state index contributed by atoms with van der Waals surface area (Å²) in [6, 6.07) is 20.9. The van der Waals surface area contributed by atoms with Crippen LogP contribution in [-0.2, 0) is 11.3 Å².